The van der Waals surface area contributed by atoms with Gasteiger partial charge in [-0.2, -0.15) is 0 Å². The predicted octanol–water partition coefficient (Wildman–Crippen LogP) is 1.20. The molecule has 0 bridgehead atoms. The van der Waals surface area contributed by atoms with E-state index in [1.54, 1.807) is 0 Å². The predicted molar refractivity (Wildman–Crippen MR) is 45.4 cm³/mol. The molecule has 0 aromatic rings. The molecule has 2 nitrogen and oxygen atoms in total. The second kappa shape index (κ2) is 3.85. The summed E-state index contributed by atoms with van der Waals surface area (Å²) < 4.78 is 0. The van der Waals surface area contributed by atoms with Crippen LogP contribution in [-0.2, 0) is 0 Å². The molecular weight excluding hydrogens is 112 g/mol. The van der Waals surface area contributed by atoms with Crippen molar-refractivity contribution in [2.75, 3.05) is 13.1 Å². The summed E-state index contributed by atoms with van der Waals surface area (Å²) in [5, 5.41) is 0. The zero-order chi connectivity index (χ0) is 7.33. The Hall–Kier alpha value is -0.0800. The first-order chi connectivity index (χ1) is 4.33. The van der Waals surface area contributed by atoms with Crippen molar-refractivity contribution >= 4 is 0 Å². The SMILES string of the molecule is CC.NCC1(CN)CC1.[HH].[HH]. The summed E-state index contributed by atoms with van der Waals surface area (Å²) in [4.78, 5) is 0. The monoisotopic (exact) mass is 134 g/mol. The third-order valence-electron chi connectivity index (χ3n) is 1.82. The van der Waals surface area contributed by atoms with Gasteiger partial charge in [0.1, 0.15) is 0 Å². The lowest BCUT2D eigenvalue weighted by atomic mass is 10.1. The van der Waals surface area contributed by atoms with E-state index in [0.29, 0.717) is 5.41 Å². The Balaban J connectivity index is -0.000000149. The van der Waals surface area contributed by atoms with Gasteiger partial charge in [0.15, 0.2) is 0 Å². The van der Waals surface area contributed by atoms with Crippen molar-refractivity contribution in [3.8, 4) is 0 Å². The number of hydrogen-bond acceptors (Lipinski definition) is 2. The van der Waals surface area contributed by atoms with Gasteiger partial charge in [0.25, 0.3) is 0 Å². The maximum atomic E-state index is 5.40. The molecule has 1 aliphatic rings. The highest BCUT2D eigenvalue weighted by molar-refractivity contribution is 4.94. The molecule has 0 unspecified atom stereocenters. The Morgan fingerprint density at radius 1 is 1.22 bits per heavy atom. The highest BCUT2D eigenvalue weighted by Gasteiger charge is 2.39. The Bertz CT molecular complexity index is 68.8. The molecule has 1 saturated carbocycles. The summed E-state index contributed by atoms with van der Waals surface area (Å²) >= 11 is 0. The summed E-state index contributed by atoms with van der Waals surface area (Å²) in [6.45, 7) is 5.56. The van der Waals surface area contributed by atoms with Crippen LogP contribution in [-0.4, -0.2) is 13.1 Å². The fourth-order valence-electron chi connectivity index (χ4n) is 0.668. The molecular formula is C7H22N2. The molecule has 0 aromatic carbocycles. The van der Waals surface area contributed by atoms with E-state index in [1.807, 2.05) is 13.8 Å². The van der Waals surface area contributed by atoms with E-state index in [2.05, 4.69) is 0 Å². The van der Waals surface area contributed by atoms with Crippen molar-refractivity contribution < 1.29 is 2.85 Å². The van der Waals surface area contributed by atoms with Crippen LogP contribution in [0.15, 0.2) is 0 Å². The van der Waals surface area contributed by atoms with E-state index in [1.165, 1.54) is 12.8 Å². The normalized spacial score (nSPS) is 20.0. The summed E-state index contributed by atoms with van der Waals surface area (Å²) in [5.74, 6) is 0. The molecule has 0 saturated heterocycles. The Labute approximate surface area is 60.6 Å². The van der Waals surface area contributed by atoms with Crippen molar-refractivity contribution in [3.05, 3.63) is 0 Å². The van der Waals surface area contributed by atoms with Crippen LogP contribution in [0.1, 0.15) is 29.5 Å². The topological polar surface area (TPSA) is 52.0 Å². The van der Waals surface area contributed by atoms with Crippen molar-refractivity contribution in [2.24, 2.45) is 16.9 Å². The van der Waals surface area contributed by atoms with Gasteiger partial charge in [-0.05, 0) is 31.3 Å². The largest absolute Gasteiger partial charge is 0.330 e. The fourth-order valence-corrected chi connectivity index (χ4v) is 0.668. The first-order valence-electron chi connectivity index (χ1n) is 3.73. The van der Waals surface area contributed by atoms with E-state index in [4.69, 9.17) is 11.5 Å². The second-order valence-corrected chi connectivity index (χ2v) is 2.41. The average molecular weight is 134 g/mol. The maximum Gasteiger partial charge on any atom is 0 e. The smallest absolute Gasteiger partial charge is 0 e. The standard InChI is InChI=1S/C5H12N2.C2H6.2H2/c6-3-5(4-7)1-2-5;1-2;;/h1-4,6-7H2;1-2H3;2*1H. The maximum absolute atomic E-state index is 5.40. The minimum absolute atomic E-state index is 0. The first-order valence-corrected chi connectivity index (χ1v) is 3.73. The van der Waals surface area contributed by atoms with Gasteiger partial charge < -0.3 is 11.5 Å². The fraction of sp³-hybridized carbons (Fsp3) is 1.00. The lowest BCUT2D eigenvalue weighted by molar-refractivity contribution is 0.538. The molecule has 0 atom stereocenters. The van der Waals surface area contributed by atoms with Gasteiger partial charge in [0.05, 0.1) is 0 Å². The Morgan fingerprint density at radius 2 is 1.56 bits per heavy atom. The zero-order valence-corrected chi connectivity index (χ0v) is 6.48. The molecule has 0 radical (unpaired) electrons. The first kappa shape index (κ1) is 8.92. The zero-order valence-electron chi connectivity index (χ0n) is 6.48. The molecule has 0 aromatic heterocycles. The Kier molecular flexibility index (Phi) is 3.82. The van der Waals surface area contributed by atoms with E-state index >= 15 is 0 Å². The van der Waals surface area contributed by atoms with Gasteiger partial charge in [-0.1, -0.05) is 13.8 Å². The quantitative estimate of drug-likeness (QED) is 0.596. The van der Waals surface area contributed by atoms with Crippen LogP contribution in [0.3, 0.4) is 0 Å². The second-order valence-electron chi connectivity index (χ2n) is 2.41. The van der Waals surface area contributed by atoms with Gasteiger partial charge in [0, 0.05) is 2.85 Å². The third-order valence-corrected chi connectivity index (χ3v) is 1.82. The molecule has 60 valence electrons. The van der Waals surface area contributed by atoms with Crippen LogP contribution in [0.2, 0.25) is 0 Å². The lowest BCUT2D eigenvalue weighted by Crippen LogP contribution is -2.24. The molecule has 0 aliphatic heterocycles. The minimum Gasteiger partial charge on any atom is -0.330 e. The third kappa shape index (κ3) is 2.33. The van der Waals surface area contributed by atoms with Gasteiger partial charge in [0.2, 0.25) is 0 Å². The van der Waals surface area contributed by atoms with Gasteiger partial charge in [-0.3, -0.25) is 0 Å². The van der Waals surface area contributed by atoms with Crippen molar-refractivity contribution in [1.29, 1.82) is 0 Å². The lowest BCUT2D eigenvalue weighted by Gasteiger charge is -2.04. The summed E-state index contributed by atoms with van der Waals surface area (Å²) in [5.41, 5.74) is 11.2. The van der Waals surface area contributed by atoms with Crippen LogP contribution in [0.4, 0.5) is 0 Å². The molecule has 1 aliphatic carbocycles. The van der Waals surface area contributed by atoms with E-state index < -0.39 is 0 Å². The van der Waals surface area contributed by atoms with Gasteiger partial charge in [-0.15, -0.1) is 0 Å². The van der Waals surface area contributed by atoms with Crippen LogP contribution in [0, 0.1) is 5.41 Å². The van der Waals surface area contributed by atoms with Crippen LogP contribution >= 0.6 is 0 Å². The number of nitrogens with two attached hydrogens (primary N) is 2. The van der Waals surface area contributed by atoms with Crippen molar-refractivity contribution in [3.63, 3.8) is 0 Å². The molecule has 9 heavy (non-hydrogen) atoms. The number of hydrogen-bond donors (Lipinski definition) is 2. The molecule has 4 N–H and O–H groups in total. The van der Waals surface area contributed by atoms with E-state index in [-0.39, 0.29) is 2.85 Å². The molecule has 2 heteroatoms. The van der Waals surface area contributed by atoms with Crippen LogP contribution in [0.5, 0.6) is 0 Å². The highest BCUT2D eigenvalue weighted by atomic mass is 14.7. The molecule has 0 heterocycles. The minimum atomic E-state index is 0. The molecule has 1 fully saturated rings. The average Bonchev–Trinajstić information content (AvgIpc) is 2.72. The van der Waals surface area contributed by atoms with Gasteiger partial charge in [-0.25, -0.2) is 0 Å². The highest BCUT2D eigenvalue weighted by Crippen LogP contribution is 2.42. The van der Waals surface area contributed by atoms with Crippen molar-refractivity contribution in [1.82, 2.24) is 0 Å². The van der Waals surface area contributed by atoms with Crippen LogP contribution in [0.25, 0.3) is 0 Å². The number of rotatable bonds is 2. The summed E-state index contributed by atoms with van der Waals surface area (Å²) in [7, 11) is 0. The van der Waals surface area contributed by atoms with Gasteiger partial charge >= 0.3 is 0 Å². The van der Waals surface area contributed by atoms with E-state index in [9.17, 15) is 0 Å². The summed E-state index contributed by atoms with van der Waals surface area (Å²) in [6, 6.07) is 0. The van der Waals surface area contributed by atoms with Crippen molar-refractivity contribution in [2.45, 2.75) is 26.7 Å². The Morgan fingerprint density at radius 3 is 1.56 bits per heavy atom. The van der Waals surface area contributed by atoms with E-state index in [0.717, 1.165) is 13.1 Å². The summed E-state index contributed by atoms with van der Waals surface area (Å²) in [6.07, 6.45) is 2.50. The molecule has 0 spiro atoms. The molecule has 1 rings (SSSR count). The molecule has 0 amide bonds. The van der Waals surface area contributed by atoms with Crippen LogP contribution < -0.4 is 11.5 Å².